The van der Waals surface area contributed by atoms with Gasteiger partial charge in [-0.1, -0.05) is 19.9 Å². The van der Waals surface area contributed by atoms with Gasteiger partial charge < -0.3 is 9.72 Å². The molecule has 0 bridgehead atoms. The maximum Gasteiger partial charge on any atom is 0.183 e. The van der Waals surface area contributed by atoms with Gasteiger partial charge in [0.05, 0.1) is 17.9 Å². The molecule has 0 fully saturated rings. The highest BCUT2D eigenvalue weighted by atomic mass is 32.1. The standard InChI is InChI=1S/C15H18N4S/c1-10(2)13-9-17-15(20-13)16-8-12-11(3)18-14-6-4-5-7-19(12)14/h4-7,9-10H,8H2,1-3H3,(H,16,17). The molecule has 0 aliphatic carbocycles. The summed E-state index contributed by atoms with van der Waals surface area (Å²) in [4.78, 5) is 10.3. The Balaban J connectivity index is 1.81. The summed E-state index contributed by atoms with van der Waals surface area (Å²) in [5.74, 6) is 0.528. The SMILES string of the molecule is Cc1nc2ccccn2c1CNc1ncc(C(C)C)s1. The minimum atomic E-state index is 0.528. The van der Waals surface area contributed by atoms with Gasteiger partial charge in [-0.05, 0) is 25.0 Å². The third-order valence-corrected chi connectivity index (χ3v) is 4.58. The second-order valence-corrected chi connectivity index (χ2v) is 6.21. The van der Waals surface area contributed by atoms with Crippen LogP contribution in [0, 0.1) is 6.92 Å². The van der Waals surface area contributed by atoms with Crippen LogP contribution in [0.4, 0.5) is 5.13 Å². The fourth-order valence-corrected chi connectivity index (χ4v) is 2.99. The number of aryl methyl sites for hydroxylation is 1. The van der Waals surface area contributed by atoms with E-state index in [1.54, 1.807) is 11.3 Å². The maximum atomic E-state index is 4.56. The molecule has 1 N–H and O–H groups in total. The Kier molecular flexibility index (Phi) is 3.44. The summed E-state index contributed by atoms with van der Waals surface area (Å²) in [5, 5.41) is 4.37. The Bertz CT molecular complexity index is 726. The normalized spacial score (nSPS) is 11.4. The predicted octanol–water partition coefficient (Wildman–Crippen LogP) is 3.83. The van der Waals surface area contributed by atoms with Crippen molar-refractivity contribution < 1.29 is 0 Å². The van der Waals surface area contributed by atoms with E-state index in [1.165, 1.54) is 10.6 Å². The zero-order valence-corrected chi connectivity index (χ0v) is 12.7. The second-order valence-electron chi connectivity index (χ2n) is 5.15. The van der Waals surface area contributed by atoms with E-state index < -0.39 is 0 Å². The number of aromatic nitrogens is 3. The molecule has 20 heavy (non-hydrogen) atoms. The van der Waals surface area contributed by atoms with Crippen molar-refractivity contribution in [2.45, 2.75) is 33.2 Å². The van der Waals surface area contributed by atoms with E-state index in [1.807, 2.05) is 37.5 Å². The number of hydrogen-bond acceptors (Lipinski definition) is 4. The molecule has 0 saturated carbocycles. The van der Waals surface area contributed by atoms with Crippen molar-refractivity contribution in [3.63, 3.8) is 0 Å². The average Bonchev–Trinajstić information content (AvgIpc) is 3.00. The molecule has 3 aromatic heterocycles. The number of hydrogen-bond donors (Lipinski definition) is 1. The molecule has 0 aliphatic heterocycles. The van der Waals surface area contributed by atoms with E-state index in [4.69, 9.17) is 0 Å². The molecule has 0 aromatic carbocycles. The maximum absolute atomic E-state index is 4.56. The number of rotatable bonds is 4. The molecule has 104 valence electrons. The van der Waals surface area contributed by atoms with Gasteiger partial charge in [0.1, 0.15) is 5.65 Å². The zero-order chi connectivity index (χ0) is 14.1. The van der Waals surface area contributed by atoms with Gasteiger partial charge in [-0.15, -0.1) is 11.3 Å². The van der Waals surface area contributed by atoms with Gasteiger partial charge in [0.25, 0.3) is 0 Å². The molecule has 0 amide bonds. The van der Waals surface area contributed by atoms with Crippen molar-refractivity contribution in [1.82, 2.24) is 14.4 Å². The zero-order valence-electron chi connectivity index (χ0n) is 11.9. The average molecular weight is 286 g/mol. The minimum Gasteiger partial charge on any atom is -0.356 e. The first kappa shape index (κ1) is 13.1. The van der Waals surface area contributed by atoms with Crippen molar-refractivity contribution in [3.05, 3.63) is 46.9 Å². The highest BCUT2D eigenvalue weighted by molar-refractivity contribution is 7.15. The van der Waals surface area contributed by atoms with Crippen LogP contribution in [0.25, 0.3) is 5.65 Å². The number of nitrogens with zero attached hydrogens (tertiary/aromatic N) is 3. The monoisotopic (exact) mass is 286 g/mol. The molecule has 0 unspecified atom stereocenters. The quantitative estimate of drug-likeness (QED) is 0.792. The van der Waals surface area contributed by atoms with Crippen molar-refractivity contribution in [2.24, 2.45) is 0 Å². The predicted molar refractivity (Wildman–Crippen MR) is 83.5 cm³/mol. The number of thiazole rings is 1. The van der Waals surface area contributed by atoms with E-state index in [0.717, 1.165) is 23.0 Å². The molecule has 3 aromatic rings. The van der Waals surface area contributed by atoms with Gasteiger partial charge in [0.2, 0.25) is 0 Å². The summed E-state index contributed by atoms with van der Waals surface area (Å²) < 4.78 is 2.12. The van der Waals surface area contributed by atoms with Crippen LogP contribution in [-0.4, -0.2) is 14.4 Å². The molecular formula is C15H18N4S. The highest BCUT2D eigenvalue weighted by Crippen LogP contribution is 2.25. The van der Waals surface area contributed by atoms with Crippen molar-refractivity contribution >= 4 is 22.1 Å². The summed E-state index contributed by atoms with van der Waals surface area (Å²) in [6.45, 7) is 7.16. The lowest BCUT2D eigenvalue weighted by molar-refractivity contribution is 0.885. The van der Waals surface area contributed by atoms with Gasteiger partial charge >= 0.3 is 0 Å². The van der Waals surface area contributed by atoms with Gasteiger partial charge in [-0.2, -0.15) is 0 Å². The molecule has 0 radical (unpaired) electrons. The van der Waals surface area contributed by atoms with Crippen molar-refractivity contribution in [2.75, 3.05) is 5.32 Å². The largest absolute Gasteiger partial charge is 0.356 e. The number of imidazole rings is 1. The Labute approximate surface area is 122 Å². The molecule has 3 rings (SSSR count). The lowest BCUT2D eigenvalue weighted by Crippen LogP contribution is -2.03. The minimum absolute atomic E-state index is 0.528. The number of anilines is 1. The van der Waals surface area contributed by atoms with Gasteiger partial charge in [0, 0.05) is 17.3 Å². The third kappa shape index (κ3) is 2.41. The van der Waals surface area contributed by atoms with Crippen LogP contribution in [0.2, 0.25) is 0 Å². The third-order valence-electron chi connectivity index (χ3n) is 3.33. The number of pyridine rings is 1. The van der Waals surface area contributed by atoms with Crippen molar-refractivity contribution in [1.29, 1.82) is 0 Å². The van der Waals surface area contributed by atoms with Gasteiger partial charge in [0.15, 0.2) is 5.13 Å². The fourth-order valence-electron chi connectivity index (χ4n) is 2.17. The summed E-state index contributed by atoms with van der Waals surface area (Å²) in [6, 6.07) is 6.06. The molecule has 0 atom stereocenters. The molecule has 5 heteroatoms. The topological polar surface area (TPSA) is 42.2 Å². The molecule has 3 heterocycles. The van der Waals surface area contributed by atoms with Crippen LogP contribution in [0.5, 0.6) is 0 Å². The van der Waals surface area contributed by atoms with Crippen LogP contribution in [0.15, 0.2) is 30.6 Å². The fraction of sp³-hybridized carbons (Fsp3) is 0.333. The first-order chi connectivity index (χ1) is 9.65. The van der Waals surface area contributed by atoms with Crippen molar-refractivity contribution in [3.8, 4) is 0 Å². The van der Waals surface area contributed by atoms with E-state index >= 15 is 0 Å². The lowest BCUT2D eigenvalue weighted by Gasteiger charge is -2.04. The first-order valence-corrected chi connectivity index (χ1v) is 7.59. The Morgan fingerprint density at radius 3 is 2.95 bits per heavy atom. The van der Waals surface area contributed by atoms with Gasteiger partial charge in [-0.25, -0.2) is 9.97 Å². The van der Waals surface area contributed by atoms with E-state index in [9.17, 15) is 0 Å². The number of fused-ring (bicyclic) bond motifs is 1. The van der Waals surface area contributed by atoms with Crippen LogP contribution in [0.3, 0.4) is 0 Å². The molecule has 0 spiro atoms. The summed E-state index contributed by atoms with van der Waals surface area (Å²) in [7, 11) is 0. The Hall–Kier alpha value is -1.88. The van der Waals surface area contributed by atoms with Crippen LogP contribution >= 0.6 is 11.3 Å². The summed E-state index contributed by atoms with van der Waals surface area (Å²) in [6.07, 6.45) is 4.01. The van der Waals surface area contributed by atoms with E-state index in [2.05, 4.69) is 33.5 Å². The van der Waals surface area contributed by atoms with E-state index in [-0.39, 0.29) is 0 Å². The number of nitrogens with one attached hydrogen (secondary N) is 1. The first-order valence-electron chi connectivity index (χ1n) is 6.77. The summed E-state index contributed by atoms with van der Waals surface area (Å²) in [5.41, 5.74) is 3.23. The van der Waals surface area contributed by atoms with Crippen LogP contribution in [0.1, 0.15) is 36.0 Å². The second kappa shape index (κ2) is 5.25. The summed E-state index contributed by atoms with van der Waals surface area (Å²) >= 11 is 1.72. The Morgan fingerprint density at radius 2 is 2.20 bits per heavy atom. The van der Waals surface area contributed by atoms with Gasteiger partial charge in [-0.3, -0.25) is 0 Å². The van der Waals surface area contributed by atoms with Crippen LogP contribution in [-0.2, 0) is 6.54 Å². The van der Waals surface area contributed by atoms with Crippen LogP contribution < -0.4 is 5.32 Å². The smallest absolute Gasteiger partial charge is 0.183 e. The Morgan fingerprint density at radius 1 is 1.35 bits per heavy atom. The molecular weight excluding hydrogens is 268 g/mol. The van der Waals surface area contributed by atoms with E-state index in [0.29, 0.717) is 5.92 Å². The molecule has 4 nitrogen and oxygen atoms in total. The molecule has 0 saturated heterocycles. The molecule has 0 aliphatic rings. The highest BCUT2D eigenvalue weighted by Gasteiger charge is 2.09. The lowest BCUT2D eigenvalue weighted by atomic mass is 10.2.